The predicted octanol–water partition coefficient (Wildman–Crippen LogP) is 4.84. The highest BCUT2D eigenvalue weighted by Gasteiger charge is 2.10. The van der Waals surface area contributed by atoms with Gasteiger partial charge >= 0.3 is 0 Å². The Morgan fingerprint density at radius 3 is 1.55 bits per heavy atom. The zero-order chi connectivity index (χ0) is 30.5. The van der Waals surface area contributed by atoms with Crippen LogP contribution in [0.5, 0.6) is 0 Å². The maximum atomic E-state index is 13.7. The Kier molecular flexibility index (Phi) is 8.97. The summed E-state index contributed by atoms with van der Waals surface area (Å²) in [6.07, 6.45) is 2.28. The summed E-state index contributed by atoms with van der Waals surface area (Å²) in [6.45, 7) is 3.49. The molecule has 11 nitrogen and oxygen atoms in total. The zero-order valence-electron chi connectivity index (χ0n) is 23.1. The van der Waals surface area contributed by atoms with Crippen molar-refractivity contribution in [3.63, 3.8) is 0 Å². The number of hydrazone groups is 2. The number of rotatable bonds is 10. The van der Waals surface area contributed by atoms with Crippen LogP contribution in [0, 0.1) is 5.82 Å². The number of sulfone groups is 2. The van der Waals surface area contributed by atoms with Gasteiger partial charge in [-0.25, -0.2) is 21.2 Å². The normalized spacial score (nSPS) is 12.6. The minimum Gasteiger partial charge on any atom is -0.324 e. The van der Waals surface area contributed by atoms with Crippen LogP contribution in [0.15, 0.2) is 98.9 Å². The predicted molar refractivity (Wildman–Crippen MR) is 162 cm³/mol. The fraction of sp³-hybridized carbons (Fsp3) is 0.143. The lowest BCUT2D eigenvalue weighted by molar-refractivity contribution is 0.600. The van der Waals surface area contributed by atoms with Crippen molar-refractivity contribution in [2.75, 3.05) is 28.7 Å². The van der Waals surface area contributed by atoms with Crippen molar-refractivity contribution in [2.24, 2.45) is 10.2 Å². The molecule has 3 N–H and O–H groups in total. The average molecular weight is 610 g/mol. The van der Waals surface area contributed by atoms with E-state index in [1.807, 2.05) is 0 Å². The van der Waals surface area contributed by atoms with Crippen molar-refractivity contribution in [1.82, 2.24) is 9.97 Å². The number of nitrogens with one attached hydrogen (secondary N) is 3. The van der Waals surface area contributed by atoms with Crippen LogP contribution in [0.3, 0.4) is 0 Å². The standard InChI is InChI=1S/C28H28FN7O4S2/c1-18(20-8-12-24(13-9-20)41(3,37)38)33-35-26-17-27(32-28(31-26)30-23-7-5-6-22(29)16-23)36-34-19(2)21-10-14-25(15-11-21)42(4,39)40/h5-17H,1-4H3,(H3,30,31,32,35,36). The maximum absolute atomic E-state index is 13.7. The van der Waals surface area contributed by atoms with Crippen LogP contribution in [-0.2, 0) is 19.7 Å². The first-order valence-corrected chi connectivity index (χ1v) is 16.2. The molecule has 0 bridgehead atoms. The molecule has 4 rings (SSSR count). The van der Waals surface area contributed by atoms with Gasteiger partial charge in [-0.2, -0.15) is 20.2 Å². The maximum Gasteiger partial charge on any atom is 0.231 e. The first-order valence-electron chi connectivity index (χ1n) is 12.4. The monoisotopic (exact) mass is 609 g/mol. The molecule has 0 fully saturated rings. The Bertz CT molecular complexity index is 1760. The van der Waals surface area contributed by atoms with Crippen LogP contribution in [0.1, 0.15) is 25.0 Å². The number of benzene rings is 3. The number of aromatic nitrogens is 2. The van der Waals surface area contributed by atoms with E-state index >= 15 is 0 Å². The van der Waals surface area contributed by atoms with Gasteiger partial charge in [0, 0.05) is 24.3 Å². The Morgan fingerprint density at radius 2 is 1.14 bits per heavy atom. The largest absolute Gasteiger partial charge is 0.324 e. The Balaban J connectivity index is 1.60. The van der Waals surface area contributed by atoms with E-state index in [-0.39, 0.29) is 27.4 Å². The molecule has 14 heteroatoms. The van der Waals surface area contributed by atoms with Crippen LogP contribution in [-0.4, -0.2) is 50.7 Å². The third kappa shape index (κ3) is 8.17. The van der Waals surface area contributed by atoms with E-state index < -0.39 is 25.5 Å². The first kappa shape index (κ1) is 30.3. The quantitative estimate of drug-likeness (QED) is 0.169. The van der Waals surface area contributed by atoms with E-state index in [4.69, 9.17) is 0 Å². The van der Waals surface area contributed by atoms with E-state index in [1.165, 1.54) is 36.4 Å². The molecule has 0 radical (unpaired) electrons. The Labute approximate surface area is 243 Å². The van der Waals surface area contributed by atoms with Gasteiger partial charge in [0.25, 0.3) is 0 Å². The van der Waals surface area contributed by atoms with Gasteiger partial charge in [0.1, 0.15) is 5.82 Å². The topological polar surface area (TPSA) is 155 Å². The molecule has 0 saturated heterocycles. The molecule has 0 amide bonds. The smallest absolute Gasteiger partial charge is 0.231 e. The molecule has 0 spiro atoms. The van der Waals surface area contributed by atoms with Gasteiger partial charge in [-0.15, -0.1) is 0 Å². The molecular formula is C28H28FN7O4S2. The summed E-state index contributed by atoms with van der Waals surface area (Å²) in [5, 5.41) is 11.7. The fourth-order valence-corrected chi connectivity index (χ4v) is 4.87. The van der Waals surface area contributed by atoms with Crippen LogP contribution in [0.25, 0.3) is 0 Å². The summed E-state index contributed by atoms with van der Waals surface area (Å²) in [6, 6.07) is 20.0. The molecule has 0 aliphatic heterocycles. The van der Waals surface area contributed by atoms with E-state index in [0.717, 1.165) is 12.5 Å². The second-order valence-electron chi connectivity index (χ2n) is 9.31. The molecule has 3 aromatic carbocycles. The number of hydrogen-bond acceptors (Lipinski definition) is 11. The average Bonchev–Trinajstić information content (AvgIpc) is 2.94. The zero-order valence-corrected chi connectivity index (χ0v) is 24.8. The van der Waals surface area contributed by atoms with Crippen molar-refractivity contribution in [2.45, 2.75) is 23.6 Å². The van der Waals surface area contributed by atoms with Crippen LogP contribution < -0.4 is 16.2 Å². The van der Waals surface area contributed by atoms with Gasteiger partial charge in [-0.3, -0.25) is 10.9 Å². The molecule has 4 aromatic rings. The van der Waals surface area contributed by atoms with Gasteiger partial charge in [0.15, 0.2) is 31.3 Å². The van der Waals surface area contributed by atoms with E-state index in [2.05, 4.69) is 36.3 Å². The lowest BCUT2D eigenvalue weighted by atomic mass is 10.1. The van der Waals surface area contributed by atoms with E-state index in [1.54, 1.807) is 56.3 Å². The highest BCUT2D eigenvalue weighted by molar-refractivity contribution is 7.91. The van der Waals surface area contributed by atoms with Crippen LogP contribution >= 0.6 is 0 Å². The lowest BCUT2D eigenvalue weighted by Crippen LogP contribution is -2.07. The molecule has 0 atom stereocenters. The van der Waals surface area contributed by atoms with Gasteiger partial charge < -0.3 is 5.32 Å². The van der Waals surface area contributed by atoms with E-state index in [9.17, 15) is 21.2 Å². The fourth-order valence-electron chi connectivity index (χ4n) is 3.61. The molecule has 1 heterocycles. The summed E-state index contributed by atoms with van der Waals surface area (Å²) in [4.78, 5) is 9.21. The summed E-state index contributed by atoms with van der Waals surface area (Å²) in [7, 11) is -6.64. The summed E-state index contributed by atoms with van der Waals surface area (Å²) in [5.41, 5.74) is 8.68. The minimum atomic E-state index is -3.32. The number of anilines is 4. The van der Waals surface area contributed by atoms with Crippen molar-refractivity contribution >= 4 is 54.4 Å². The van der Waals surface area contributed by atoms with Gasteiger partial charge in [-0.1, -0.05) is 30.3 Å². The minimum absolute atomic E-state index is 0.129. The van der Waals surface area contributed by atoms with Crippen molar-refractivity contribution in [1.29, 1.82) is 0 Å². The van der Waals surface area contributed by atoms with Crippen molar-refractivity contribution in [3.05, 3.63) is 95.8 Å². The Hall–Kier alpha value is -4.69. The van der Waals surface area contributed by atoms with Crippen molar-refractivity contribution in [3.8, 4) is 0 Å². The highest BCUT2D eigenvalue weighted by Crippen LogP contribution is 2.20. The molecule has 1 aromatic heterocycles. The third-order valence-electron chi connectivity index (χ3n) is 5.88. The second-order valence-corrected chi connectivity index (χ2v) is 13.3. The summed E-state index contributed by atoms with van der Waals surface area (Å²) < 4.78 is 60.7. The van der Waals surface area contributed by atoms with Crippen LogP contribution in [0.2, 0.25) is 0 Å². The molecule has 42 heavy (non-hydrogen) atoms. The number of nitrogens with zero attached hydrogens (tertiary/aromatic N) is 4. The van der Waals surface area contributed by atoms with Gasteiger partial charge in [0.2, 0.25) is 5.95 Å². The molecule has 0 aliphatic rings. The van der Waals surface area contributed by atoms with Gasteiger partial charge in [0.05, 0.1) is 21.2 Å². The van der Waals surface area contributed by atoms with Crippen LogP contribution in [0.4, 0.5) is 27.7 Å². The molecule has 218 valence electrons. The molecule has 0 aliphatic carbocycles. The van der Waals surface area contributed by atoms with Gasteiger partial charge in [-0.05, 0) is 67.4 Å². The Morgan fingerprint density at radius 1 is 0.690 bits per heavy atom. The first-order chi connectivity index (χ1) is 19.8. The third-order valence-corrected chi connectivity index (χ3v) is 8.14. The summed E-state index contributed by atoms with van der Waals surface area (Å²) in [5.74, 6) is 0.258. The van der Waals surface area contributed by atoms with Crippen molar-refractivity contribution < 1.29 is 21.2 Å². The lowest BCUT2D eigenvalue weighted by Gasteiger charge is -2.11. The number of halogens is 1. The molecule has 0 unspecified atom stereocenters. The summed E-state index contributed by atoms with van der Waals surface area (Å²) >= 11 is 0. The van der Waals surface area contributed by atoms with E-state index in [0.29, 0.717) is 28.2 Å². The second kappa shape index (κ2) is 12.4. The molecule has 0 saturated carbocycles. The highest BCUT2D eigenvalue weighted by atomic mass is 32.2. The SMILES string of the molecule is CC(=NNc1cc(NN=C(C)c2ccc(S(C)(=O)=O)cc2)nc(Nc2cccc(F)c2)n1)c1ccc(S(C)(=O)=O)cc1. The molecular weight excluding hydrogens is 581 g/mol. The number of hydrogen-bond donors (Lipinski definition) is 3.